The Kier molecular flexibility index (Phi) is 4.96. The number of carbonyl (C=O) groups is 3. The minimum Gasteiger partial charge on any atom is -0.284 e. The number of likely N-dealkylation sites (tertiary alicyclic amines) is 1. The quantitative estimate of drug-likeness (QED) is 0.420. The van der Waals surface area contributed by atoms with E-state index in [0.717, 1.165) is 37.5 Å². The minimum atomic E-state index is -0.145. The Labute approximate surface area is 203 Å². The molecule has 2 aliphatic heterocycles. The summed E-state index contributed by atoms with van der Waals surface area (Å²) in [6.45, 7) is 0.241. The summed E-state index contributed by atoms with van der Waals surface area (Å²) in [4.78, 5) is 45.6. The molecule has 10 heteroatoms. The number of carbonyl (C=O) groups excluding carboxylic acids is 3. The van der Waals surface area contributed by atoms with Gasteiger partial charge in [-0.1, -0.05) is 11.6 Å². The molecule has 4 aromatic rings. The molecule has 0 aliphatic carbocycles. The largest absolute Gasteiger partial charge is 0.284 e. The Morgan fingerprint density at radius 1 is 1.00 bits per heavy atom. The second-order valence-corrected chi connectivity index (χ2v) is 9.88. The van der Waals surface area contributed by atoms with Crippen molar-refractivity contribution >= 4 is 62.3 Å². The number of aryl methyl sites for hydroxylation is 1. The number of aromatic amines is 1. The Morgan fingerprint density at radius 3 is 2.56 bits per heavy atom. The smallest absolute Gasteiger partial charge is 0.232 e. The van der Waals surface area contributed by atoms with Crippen molar-refractivity contribution in [3.8, 4) is 11.1 Å². The van der Waals surface area contributed by atoms with E-state index in [4.69, 9.17) is 11.6 Å². The molecule has 0 atom stereocenters. The van der Waals surface area contributed by atoms with E-state index in [1.807, 2.05) is 24.3 Å². The van der Waals surface area contributed by atoms with E-state index in [1.54, 1.807) is 23.5 Å². The number of amides is 3. The Bertz CT molecular complexity index is 1460. The maximum atomic E-state index is 13.0. The van der Waals surface area contributed by atoms with Crippen LogP contribution < -0.4 is 4.90 Å². The van der Waals surface area contributed by atoms with Crippen molar-refractivity contribution in [2.75, 3.05) is 4.90 Å². The van der Waals surface area contributed by atoms with Gasteiger partial charge >= 0.3 is 0 Å². The van der Waals surface area contributed by atoms with Crippen molar-refractivity contribution in [2.45, 2.75) is 32.2 Å². The Balaban J connectivity index is 1.51. The first-order chi connectivity index (χ1) is 16.5. The van der Waals surface area contributed by atoms with Gasteiger partial charge in [0.2, 0.25) is 17.7 Å². The maximum Gasteiger partial charge on any atom is 0.232 e. The van der Waals surface area contributed by atoms with Crippen molar-refractivity contribution in [3.63, 3.8) is 0 Å². The highest BCUT2D eigenvalue weighted by atomic mass is 35.5. The maximum absolute atomic E-state index is 13.0. The summed E-state index contributed by atoms with van der Waals surface area (Å²) >= 11 is 8.02. The number of hydrogen-bond donors (Lipinski definition) is 1. The van der Waals surface area contributed by atoms with Gasteiger partial charge in [-0.05, 0) is 36.2 Å². The number of pyridine rings is 1. The molecular formula is C24H18ClN5O3S. The molecule has 3 aromatic heterocycles. The standard InChI is InChI=1S/C24H18ClN5O3S/c25-14-7-13-1-2-22(33)30(15-10-27-28-11-15)23(13)18(8-14)17-5-6-26-19-9-16(34-24(17)19)12-29-20(31)3-4-21(29)32/h5-11H,1-4,12H2,(H,27,28). The van der Waals surface area contributed by atoms with E-state index in [2.05, 4.69) is 15.2 Å². The molecule has 0 spiro atoms. The second kappa shape index (κ2) is 8.03. The molecule has 6 rings (SSSR count). The number of H-pyrrole nitrogens is 1. The Hall–Kier alpha value is -3.56. The third-order valence-electron chi connectivity index (χ3n) is 6.20. The van der Waals surface area contributed by atoms with E-state index in [9.17, 15) is 14.4 Å². The number of fused-ring (bicyclic) bond motifs is 2. The molecular weight excluding hydrogens is 474 g/mol. The van der Waals surface area contributed by atoms with Crippen molar-refractivity contribution in [1.29, 1.82) is 0 Å². The minimum absolute atomic E-state index is 0.0132. The number of aromatic nitrogens is 3. The second-order valence-electron chi connectivity index (χ2n) is 8.31. The highest BCUT2D eigenvalue weighted by molar-refractivity contribution is 7.19. The van der Waals surface area contributed by atoms with Gasteiger partial charge in [0.25, 0.3) is 0 Å². The van der Waals surface area contributed by atoms with E-state index in [-0.39, 0.29) is 37.1 Å². The fourth-order valence-electron chi connectivity index (χ4n) is 4.67. The molecule has 1 aromatic carbocycles. The van der Waals surface area contributed by atoms with Crippen LogP contribution in [0.4, 0.5) is 11.4 Å². The molecule has 8 nitrogen and oxygen atoms in total. The van der Waals surface area contributed by atoms with Crippen LogP contribution in [0.15, 0.2) is 42.9 Å². The van der Waals surface area contributed by atoms with Crippen molar-refractivity contribution in [2.24, 2.45) is 0 Å². The van der Waals surface area contributed by atoms with Gasteiger partial charge in [-0.25, -0.2) is 0 Å². The third-order valence-corrected chi connectivity index (χ3v) is 7.56. The average Bonchev–Trinajstić information content (AvgIpc) is 3.56. The molecule has 1 N–H and O–H groups in total. The first-order valence-corrected chi connectivity index (χ1v) is 12.0. The van der Waals surface area contributed by atoms with Gasteiger partial charge < -0.3 is 0 Å². The van der Waals surface area contributed by atoms with Gasteiger partial charge in [0, 0.05) is 52.7 Å². The lowest BCUT2D eigenvalue weighted by atomic mass is 9.93. The van der Waals surface area contributed by atoms with E-state index in [1.165, 1.54) is 16.2 Å². The summed E-state index contributed by atoms with van der Waals surface area (Å²) in [5.74, 6) is -0.302. The molecule has 0 radical (unpaired) electrons. The zero-order valence-electron chi connectivity index (χ0n) is 17.9. The number of halogens is 1. The van der Waals surface area contributed by atoms with Crippen LogP contribution in [0.1, 0.15) is 29.7 Å². The van der Waals surface area contributed by atoms with Gasteiger partial charge in [0.1, 0.15) is 0 Å². The number of imide groups is 1. The van der Waals surface area contributed by atoms with Crippen LogP contribution in [0, 0.1) is 0 Å². The first-order valence-electron chi connectivity index (χ1n) is 10.8. The average molecular weight is 492 g/mol. The van der Waals surface area contributed by atoms with E-state index in [0.29, 0.717) is 23.6 Å². The molecule has 0 unspecified atom stereocenters. The van der Waals surface area contributed by atoms with E-state index < -0.39 is 0 Å². The zero-order valence-corrected chi connectivity index (χ0v) is 19.4. The topological polar surface area (TPSA) is 99.3 Å². The van der Waals surface area contributed by atoms with Gasteiger partial charge in [-0.3, -0.25) is 34.3 Å². The summed E-state index contributed by atoms with van der Waals surface area (Å²) in [6, 6.07) is 7.60. The van der Waals surface area contributed by atoms with Crippen molar-refractivity contribution < 1.29 is 14.4 Å². The van der Waals surface area contributed by atoms with Gasteiger partial charge in [0.15, 0.2) is 0 Å². The lowest BCUT2D eigenvalue weighted by molar-refractivity contribution is -0.139. The lowest BCUT2D eigenvalue weighted by Gasteiger charge is -2.31. The molecule has 2 aliphatic rings. The molecule has 1 fully saturated rings. The Morgan fingerprint density at radius 2 is 1.79 bits per heavy atom. The van der Waals surface area contributed by atoms with E-state index >= 15 is 0 Å². The fourth-order valence-corrected chi connectivity index (χ4v) is 6.04. The highest BCUT2D eigenvalue weighted by Gasteiger charge is 2.31. The number of rotatable bonds is 4. The molecule has 3 amide bonds. The highest BCUT2D eigenvalue weighted by Crippen LogP contribution is 2.46. The van der Waals surface area contributed by atoms with Crippen LogP contribution in [-0.4, -0.2) is 37.8 Å². The van der Waals surface area contributed by atoms with Crippen LogP contribution in [0.3, 0.4) is 0 Å². The number of nitrogens with zero attached hydrogens (tertiary/aromatic N) is 4. The predicted molar refractivity (Wildman–Crippen MR) is 129 cm³/mol. The summed E-state index contributed by atoms with van der Waals surface area (Å²) < 4.78 is 0.909. The molecule has 0 bridgehead atoms. The summed E-state index contributed by atoms with van der Waals surface area (Å²) in [6.07, 6.45) is 6.55. The predicted octanol–water partition coefficient (Wildman–Crippen LogP) is 4.60. The third kappa shape index (κ3) is 3.39. The zero-order chi connectivity index (χ0) is 23.4. The summed E-state index contributed by atoms with van der Waals surface area (Å²) in [5, 5.41) is 7.40. The molecule has 5 heterocycles. The SMILES string of the molecule is O=C1CCC(=O)N1Cc1cc2nccc(-c3cc(Cl)cc4c3N(c3cn[nH]c3)C(=O)CC4)c2s1. The van der Waals surface area contributed by atoms with Gasteiger partial charge in [0.05, 0.1) is 34.3 Å². The number of anilines is 2. The van der Waals surface area contributed by atoms with Crippen LogP contribution in [0.25, 0.3) is 21.3 Å². The molecule has 34 heavy (non-hydrogen) atoms. The number of thiophene rings is 1. The lowest BCUT2D eigenvalue weighted by Crippen LogP contribution is -2.31. The summed E-state index contributed by atoms with van der Waals surface area (Å²) in [7, 11) is 0. The van der Waals surface area contributed by atoms with Crippen LogP contribution >= 0.6 is 22.9 Å². The molecule has 1 saturated heterocycles. The van der Waals surface area contributed by atoms with Crippen molar-refractivity contribution in [3.05, 3.63) is 58.3 Å². The molecule has 0 saturated carbocycles. The van der Waals surface area contributed by atoms with Gasteiger partial charge in [-0.15, -0.1) is 11.3 Å². The van der Waals surface area contributed by atoms with Crippen LogP contribution in [0.5, 0.6) is 0 Å². The van der Waals surface area contributed by atoms with Gasteiger partial charge in [-0.2, -0.15) is 5.10 Å². The van der Waals surface area contributed by atoms with Crippen LogP contribution in [-0.2, 0) is 27.3 Å². The first kappa shape index (κ1) is 21.0. The van der Waals surface area contributed by atoms with Crippen molar-refractivity contribution in [1.82, 2.24) is 20.1 Å². The number of hydrogen-bond acceptors (Lipinski definition) is 6. The molecule has 170 valence electrons. The van der Waals surface area contributed by atoms with Crippen LogP contribution in [0.2, 0.25) is 5.02 Å². The normalized spacial score (nSPS) is 16.1. The fraction of sp³-hybridized carbons (Fsp3) is 0.208. The number of nitrogens with one attached hydrogen (secondary N) is 1. The monoisotopic (exact) mass is 491 g/mol. The number of benzene rings is 1. The summed E-state index contributed by atoms with van der Waals surface area (Å²) in [5.41, 5.74) is 4.92.